The fourth-order valence-electron chi connectivity index (χ4n) is 0.569. The zero-order valence-corrected chi connectivity index (χ0v) is 6.17. The first-order valence-electron chi connectivity index (χ1n) is 5.56. The third-order valence-electron chi connectivity index (χ3n) is 0.960. The number of ketones is 1. The second-order valence-corrected chi connectivity index (χ2v) is 1.92. The zero-order valence-electron chi connectivity index (χ0n) is 11.2. The van der Waals surface area contributed by atoms with E-state index in [4.69, 9.17) is 6.85 Å². The van der Waals surface area contributed by atoms with Gasteiger partial charge in [0.05, 0.1) is 9.24 Å². The summed E-state index contributed by atoms with van der Waals surface area (Å²) in [6.07, 6.45) is 0. The maximum absolute atomic E-state index is 11.3. The molecule has 0 amide bonds. The van der Waals surface area contributed by atoms with Crippen LogP contribution in [0.2, 0.25) is 0 Å². The first kappa shape index (κ1) is 4.35. The number of carbonyl (C=O) groups is 1. The van der Waals surface area contributed by atoms with Crippen molar-refractivity contribution in [2.45, 2.75) is 6.85 Å². The number of hydrogen-bond donors (Lipinski definition) is 3. The number of Topliss-reactive ketones (excluding diaryl/α,β-unsaturated/α-hetero) is 1. The molecule has 0 spiro atoms. The number of carbonyl (C=O) groups excluding carboxylic acids is 1. The van der Waals surface area contributed by atoms with E-state index in [1.165, 1.54) is 0 Å². The molecule has 70 valence electrons. The van der Waals surface area contributed by atoms with Crippen LogP contribution in [0, 0.1) is 0 Å². The van der Waals surface area contributed by atoms with Crippen LogP contribution in [-0.4, -0.2) is 27.2 Å². The molecule has 0 aliphatic carbocycles. The number of rotatable bonds is 3. The van der Waals surface area contributed by atoms with Gasteiger partial charge in [-0.05, 0) is 6.85 Å². The highest BCUT2D eigenvalue weighted by atomic mass is 16.2. The lowest BCUT2D eigenvalue weighted by molar-refractivity contribution is -0.115. The van der Waals surface area contributed by atoms with Gasteiger partial charge in [0.25, 0.3) is 0 Å². The summed E-state index contributed by atoms with van der Waals surface area (Å²) >= 11 is 0. The summed E-state index contributed by atoms with van der Waals surface area (Å²) in [5.41, 5.74) is -2.05. The van der Waals surface area contributed by atoms with Crippen molar-refractivity contribution in [1.29, 1.82) is 0 Å². The molecule has 7 heteroatoms. The van der Waals surface area contributed by atoms with E-state index >= 15 is 0 Å². The number of aromatic amines is 2. The Morgan fingerprint density at radius 1 is 1.69 bits per heavy atom. The molecule has 1 aromatic heterocycles. The Morgan fingerprint density at radius 2 is 2.46 bits per heavy atom. The SMILES string of the molecule is [2H]C([2H])([2H])C(=O)C([2H])([2H])Nc1nc(=O)[nH]c(=O)[nH]1. The van der Waals surface area contributed by atoms with Gasteiger partial charge in [0, 0.05) is 4.11 Å². The molecule has 0 atom stereocenters. The number of nitrogens with zero attached hydrogens (tertiary/aromatic N) is 1. The van der Waals surface area contributed by atoms with Gasteiger partial charge in [-0.25, -0.2) is 9.59 Å². The molecule has 0 saturated carbocycles. The molecule has 0 aliphatic rings. The maximum atomic E-state index is 11.3. The lowest BCUT2D eigenvalue weighted by Crippen LogP contribution is -2.27. The molecule has 0 radical (unpaired) electrons. The van der Waals surface area contributed by atoms with E-state index in [9.17, 15) is 14.4 Å². The van der Waals surface area contributed by atoms with Gasteiger partial charge in [0.1, 0.15) is 5.78 Å². The molecule has 0 unspecified atom stereocenters. The topological polar surface area (TPSA) is 108 Å². The maximum Gasteiger partial charge on any atom is 0.352 e. The monoisotopic (exact) mass is 189 g/mol. The van der Waals surface area contributed by atoms with Crippen molar-refractivity contribution in [3.63, 3.8) is 0 Å². The van der Waals surface area contributed by atoms with Crippen molar-refractivity contribution in [2.24, 2.45) is 0 Å². The Kier molecular flexibility index (Phi) is 1.22. The lowest BCUT2D eigenvalue weighted by Gasteiger charge is -1.99. The van der Waals surface area contributed by atoms with Crippen molar-refractivity contribution in [3.05, 3.63) is 21.0 Å². The third-order valence-corrected chi connectivity index (χ3v) is 0.960. The highest BCUT2D eigenvalue weighted by Gasteiger charge is 1.98. The van der Waals surface area contributed by atoms with Crippen LogP contribution in [0.15, 0.2) is 9.59 Å². The van der Waals surface area contributed by atoms with Crippen LogP contribution in [0.4, 0.5) is 5.95 Å². The molecule has 1 rings (SSSR count). The van der Waals surface area contributed by atoms with E-state index in [1.807, 2.05) is 4.98 Å². The lowest BCUT2D eigenvalue weighted by atomic mass is 10.4. The van der Waals surface area contributed by atoms with Gasteiger partial charge in [0.2, 0.25) is 5.95 Å². The first-order valence-corrected chi connectivity index (χ1v) is 3.06. The summed E-state index contributed by atoms with van der Waals surface area (Å²) in [7, 11) is 0. The van der Waals surface area contributed by atoms with Gasteiger partial charge in [-0.2, -0.15) is 4.98 Å². The fourth-order valence-corrected chi connectivity index (χ4v) is 0.569. The Hall–Kier alpha value is -1.92. The molecule has 7 nitrogen and oxygen atoms in total. The molecule has 13 heavy (non-hydrogen) atoms. The summed E-state index contributed by atoms with van der Waals surface area (Å²) in [5.74, 6) is -2.37. The van der Waals surface area contributed by atoms with E-state index in [2.05, 4.69) is 4.98 Å². The molecule has 0 bridgehead atoms. The van der Waals surface area contributed by atoms with Crippen molar-refractivity contribution >= 4 is 11.7 Å². The number of H-pyrrole nitrogens is 2. The molecule has 3 N–H and O–H groups in total. The minimum Gasteiger partial charge on any atom is -0.348 e. The Bertz CT molecular complexity index is 545. The number of aromatic nitrogens is 3. The number of nitrogens with one attached hydrogen (secondary N) is 3. The largest absolute Gasteiger partial charge is 0.352 e. The average molecular weight is 189 g/mol. The zero-order chi connectivity index (χ0) is 14.1. The van der Waals surface area contributed by atoms with Crippen LogP contribution in [0.3, 0.4) is 0 Å². The van der Waals surface area contributed by atoms with Crippen LogP contribution >= 0.6 is 0 Å². The highest BCUT2D eigenvalue weighted by molar-refractivity contribution is 5.79. The second kappa shape index (κ2) is 3.65. The van der Waals surface area contributed by atoms with E-state index in [0.717, 1.165) is 0 Å². The van der Waals surface area contributed by atoms with Crippen LogP contribution in [0.25, 0.3) is 0 Å². The quantitative estimate of drug-likeness (QED) is 0.534. The molecule has 0 aliphatic heterocycles. The molecule has 0 aromatic carbocycles. The molecule has 0 saturated heterocycles. The Morgan fingerprint density at radius 3 is 3.08 bits per heavy atom. The summed E-state index contributed by atoms with van der Waals surface area (Å²) in [6, 6.07) is 0. The predicted molar refractivity (Wildman–Crippen MR) is 44.6 cm³/mol. The summed E-state index contributed by atoms with van der Waals surface area (Å²) in [4.78, 5) is 39.7. The molecule has 1 aromatic rings. The average Bonchev–Trinajstić information content (AvgIpc) is 2.12. The number of anilines is 1. The minimum atomic E-state index is -3.17. The van der Waals surface area contributed by atoms with Crippen molar-refractivity contribution in [1.82, 2.24) is 15.0 Å². The van der Waals surface area contributed by atoms with Crippen LogP contribution in [0.1, 0.15) is 13.7 Å². The summed E-state index contributed by atoms with van der Waals surface area (Å²) in [6.45, 7) is -6.17. The normalized spacial score (nSPS) is 17.4. The van der Waals surface area contributed by atoms with Gasteiger partial charge in [-0.3, -0.25) is 14.8 Å². The fraction of sp³-hybridized carbons (Fsp3) is 0.333. The van der Waals surface area contributed by atoms with Crippen LogP contribution in [-0.2, 0) is 4.79 Å². The summed E-state index contributed by atoms with van der Waals surface area (Å²) < 4.78 is 34.8. The van der Waals surface area contributed by atoms with Crippen molar-refractivity contribution < 1.29 is 11.6 Å². The Balaban J connectivity index is 3.06. The number of hydrogen-bond acceptors (Lipinski definition) is 5. The standard InChI is InChI=1S/C6H8N4O3/c1-3(11)2-7-4-8-5(12)10-6(13)9-4/h2H2,1H3,(H3,7,8,9,10,12,13)/i1D3,2D2. The van der Waals surface area contributed by atoms with Gasteiger partial charge in [0.15, 0.2) is 0 Å². The van der Waals surface area contributed by atoms with Crippen LogP contribution < -0.4 is 16.7 Å². The first-order chi connectivity index (χ1) is 8.02. The smallest absolute Gasteiger partial charge is 0.348 e. The summed E-state index contributed by atoms with van der Waals surface area (Å²) in [5, 5.41) is 1.74. The molecular weight excluding hydrogens is 176 g/mol. The van der Waals surface area contributed by atoms with Gasteiger partial charge < -0.3 is 5.32 Å². The Labute approximate surface area is 79.2 Å². The third kappa shape index (κ3) is 2.89. The minimum absolute atomic E-state index is 0.647. The van der Waals surface area contributed by atoms with Crippen LogP contribution in [0.5, 0.6) is 0 Å². The molecule has 0 fully saturated rings. The van der Waals surface area contributed by atoms with Gasteiger partial charge >= 0.3 is 11.4 Å². The van der Waals surface area contributed by atoms with E-state index in [1.54, 1.807) is 10.3 Å². The highest BCUT2D eigenvalue weighted by Crippen LogP contribution is 1.85. The molecular formula is C6H8N4O3. The van der Waals surface area contributed by atoms with E-state index < -0.39 is 36.5 Å². The predicted octanol–water partition coefficient (Wildman–Crippen LogP) is -1.54. The second-order valence-electron chi connectivity index (χ2n) is 1.92. The van der Waals surface area contributed by atoms with Gasteiger partial charge in [-0.1, -0.05) is 0 Å². The molecule has 1 heterocycles. The van der Waals surface area contributed by atoms with Crippen molar-refractivity contribution in [3.8, 4) is 0 Å². The van der Waals surface area contributed by atoms with E-state index in [-0.39, 0.29) is 0 Å². The van der Waals surface area contributed by atoms with Crippen molar-refractivity contribution in [2.75, 3.05) is 11.8 Å². The van der Waals surface area contributed by atoms with Gasteiger partial charge in [-0.15, -0.1) is 0 Å². The van der Waals surface area contributed by atoms with E-state index in [0.29, 0.717) is 0 Å².